The van der Waals surface area contributed by atoms with E-state index in [-0.39, 0.29) is 42.0 Å². The number of H-pyrrole nitrogens is 1. The van der Waals surface area contributed by atoms with Crippen molar-refractivity contribution in [1.29, 1.82) is 0 Å². The number of aromatic amines is 1. The molecular formula is C23H31N6O8P. The number of nitrogens with zero attached hydrogens (tertiary/aromatic N) is 3. The van der Waals surface area contributed by atoms with Crippen LogP contribution in [0.4, 0.5) is 5.95 Å². The molecule has 0 saturated carbocycles. The van der Waals surface area contributed by atoms with Crippen LogP contribution in [0.25, 0.3) is 11.2 Å². The molecule has 206 valence electrons. The Hall–Kier alpha value is -3.29. The Bertz CT molecular complexity index is 1400. The van der Waals surface area contributed by atoms with E-state index in [0.717, 1.165) is 0 Å². The predicted octanol–water partition coefficient (Wildman–Crippen LogP) is 1.87. The Morgan fingerprint density at radius 2 is 2.08 bits per heavy atom. The number of aromatic nitrogens is 4. The highest BCUT2D eigenvalue weighted by molar-refractivity contribution is 7.52. The van der Waals surface area contributed by atoms with Crippen molar-refractivity contribution in [2.45, 2.75) is 64.2 Å². The topological polar surface area (TPSA) is 193 Å². The van der Waals surface area contributed by atoms with Gasteiger partial charge in [-0.2, -0.15) is 10.1 Å². The van der Waals surface area contributed by atoms with Crippen molar-refractivity contribution in [3.63, 3.8) is 0 Å². The van der Waals surface area contributed by atoms with Crippen LogP contribution in [-0.2, 0) is 23.4 Å². The van der Waals surface area contributed by atoms with E-state index < -0.39 is 43.2 Å². The van der Waals surface area contributed by atoms with Gasteiger partial charge in [-0.1, -0.05) is 18.2 Å². The molecule has 0 radical (unpaired) electrons. The van der Waals surface area contributed by atoms with Gasteiger partial charge in [0.05, 0.1) is 24.6 Å². The van der Waals surface area contributed by atoms with Gasteiger partial charge in [-0.05, 0) is 39.8 Å². The minimum atomic E-state index is -4.15. The Kier molecular flexibility index (Phi) is 7.90. The maximum Gasteiger partial charge on any atom is 0.459 e. The number of nitrogens with one attached hydrogen (secondary N) is 2. The van der Waals surface area contributed by atoms with Gasteiger partial charge in [-0.3, -0.25) is 23.7 Å². The Morgan fingerprint density at radius 3 is 2.76 bits per heavy atom. The number of esters is 1. The van der Waals surface area contributed by atoms with E-state index in [0.29, 0.717) is 0 Å². The summed E-state index contributed by atoms with van der Waals surface area (Å²) in [5.74, 6) is -0.493. The first-order valence-electron chi connectivity index (χ1n) is 11.9. The molecule has 1 aromatic carbocycles. The fraction of sp³-hybridized carbons (Fsp3) is 0.478. The van der Waals surface area contributed by atoms with Crippen molar-refractivity contribution in [2.24, 2.45) is 0 Å². The van der Waals surface area contributed by atoms with Gasteiger partial charge in [0.25, 0.3) is 5.56 Å². The van der Waals surface area contributed by atoms with Crippen molar-refractivity contribution in [1.82, 2.24) is 24.6 Å². The third kappa shape index (κ3) is 6.22. The number of anilines is 1. The molecule has 15 heteroatoms. The summed E-state index contributed by atoms with van der Waals surface area (Å²) in [4.78, 5) is 35.0. The van der Waals surface area contributed by atoms with Crippen molar-refractivity contribution in [3.8, 4) is 5.75 Å². The largest absolute Gasteiger partial charge is 0.462 e. The van der Waals surface area contributed by atoms with Crippen LogP contribution in [0.15, 0.2) is 41.5 Å². The number of aliphatic hydroxyl groups is 1. The number of imidazole rings is 1. The normalized spacial score (nSPS) is 23.8. The van der Waals surface area contributed by atoms with E-state index in [1.54, 1.807) is 51.1 Å². The minimum Gasteiger partial charge on any atom is -0.462 e. The third-order valence-corrected chi connectivity index (χ3v) is 7.29. The van der Waals surface area contributed by atoms with Crippen LogP contribution >= 0.6 is 7.75 Å². The molecule has 1 aliphatic rings. The molecule has 0 bridgehead atoms. The molecule has 1 aliphatic heterocycles. The highest BCUT2D eigenvalue weighted by Crippen LogP contribution is 2.47. The summed E-state index contributed by atoms with van der Waals surface area (Å²) in [7, 11) is -4.15. The van der Waals surface area contributed by atoms with Gasteiger partial charge >= 0.3 is 13.7 Å². The van der Waals surface area contributed by atoms with Crippen LogP contribution in [0.5, 0.6) is 5.75 Å². The van der Waals surface area contributed by atoms with Gasteiger partial charge in [-0.25, -0.2) is 9.55 Å². The standard InChI is InChI=1S/C23H31N6O8P/c1-13(2)35-21(32)14(3)28-38(33,37-15-8-6-5-7-9-15)34-11-23(4)10-16(30)20(36-23)29-12-25-17-18(29)26-22(24)27-19(17)31/h5-9,12-14,16,20,30H,10-11H2,1-4H3,(H,28,33)(H3,24,26,27,31)/t14?,16-,20-,23+,38?/m1/s1. The molecular weight excluding hydrogens is 519 g/mol. The van der Waals surface area contributed by atoms with Gasteiger partial charge in [0.1, 0.15) is 17.9 Å². The van der Waals surface area contributed by atoms with E-state index in [1.165, 1.54) is 17.8 Å². The van der Waals surface area contributed by atoms with Crippen LogP contribution in [0.3, 0.4) is 0 Å². The molecule has 4 rings (SSSR count). The van der Waals surface area contributed by atoms with Crippen LogP contribution < -0.4 is 20.9 Å². The lowest BCUT2D eigenvalue weighted by molar-refractivity contribution is -0.149. The zero-order chi connectivity index (χ0) is 27.7. The van der Waals surface area contributed by atoms with Crippen molar-refractivity contribution in [3.05, 3.63) is 47.0 Å². The van der Waals surface area contributed by atoms with Gasteiger partial charge in [0.2, 0.25) is 5.95 Å². The molecule has 0 aliphatic carbocycles. The van der Waals surface area contributed by atoms with Gasteiger partial charge in [0.15, 0.2) is 17.4 Å². The summed E-state index contributed by atoms with van der Waals surface area (Å²) >= 11 is 0. The number of rotatable bonds is 10. The second-order valence-corrected chi connectivity index (χ2v) is 11.2. The molecule has 38 heavy (non-hydrogen) atoms. The number of benzene rings is 1. The van der Waals surface area contributed by atoms with E-state index in [9.17, 15) is 19.3 Å². The number of nitrogens with two attached hydrogens (primary N) is 1. The van der Waals surface area contributed by atoms with E-state index >= 15 is 0 Å². The summed E-state index contributed by atoms with van der Waals surface area (Å²) in [6, 6.07) is 7.31. The van der Waals surface area contributed by atoms with Gasteiger partial charge in [-0.15, -0.1) is 0 Å². The molecule has 3 aromatic rings. The average Bonchev–Trinajstić information content (AvgIpc) is 3.38. The van der Waals surface area contributed by atoms with Crippen LogP contribution in [-0.4, -0.2) is 61.1 Å². The lowest BCUT2D eigenvalue weighted by Gasteiger charge is -2.28. The maximum absolute atomic E-state index is 13.8. The molecule has 5 N–H and O–H groups in total. The molecule has 14 nitrogen and oxygen atoms in total. The minimum absolute atomic E-state index is 0.0343. The zero-order valence-electron chi connectivity index (χ0n) is 21.4. The zero-order valence-corrected chi connectivity index (χ0v) is 22.3. The number of carbonyl (C=O) groups excluding carboxylic acids is 1. The third-order valence-electron chi connectivity index (χ3n) is 5.67. The Labute approximate surface area is 218 Å². The van der Waals surface area contributed by atoms with Crippen molar-refractivity contribution >= 4 is 30.8 Å². The number of aliphatic hydroxyl groups excluding tert-OH is 1. The summed E-state index contributed by atoms with van der Waals surface area (Å²) < 4.78 is 37.9. The quantitative estimate of drug-likeness (QED) is 0.212. The smallest absolute Gasteiger partial charge is 0.459 e. The molecule has 2 unspecified atom stereocenters. The molecule has 2 aromatic heterocycles. The number of hydrogen-bond donors (Lipinski definition) is 4. The molecule has 0 spiro atoms. The summed E-state index contributed by atoms with van der Waals surface area (Å²) in [6.07, 6.45) is -1.01. The fourth-order valence-corrected chi connectivity index (χ4v) is 5.58. The average molecular weight is 551 g/mol. The SMILES string of the molecule is CC(C)OC(=O)C(C)NP(=O)(OC[C@]1(C)C[C@@H](O)[C@H](n2cnc3c(=O)[nH]c(N)nc32)O1)Oc1ccccc1. The Balaban J connectivity index is 1.53. The number of hydrogen-bond acceptors (Lipinski definition) is 11. The first-order chi connectivity index (χ1) is 17.9. The van der Waals surface area contributed by atoms with Crippen LogP contribution in [0.2, 0.25) is 0 Å². The van der Waals surface area contributed by atoms with Crippen LogP contribution in [0.1, 0.15) is 40.3 Å². The van der Waals surface area contributed by atoms with Crippen molar-refractivity contribution in [2.75, 3.05) is 12.3 Å². The first kappa shape index (κ1) is 27.7. The predicted molar refractivity (Wildman–Crippen MR) is 136 cm³/mol. The van der Waals surface area contributed by atoms with Crippen molar-refractivity contribution < 1.29 is 33.0 Å². The van der Waals surface area contributed by atoms with Gasteiger partial charge < -0.3 is 24.8 Å². The summed E-state index contributed by atoms with van der Waals surface area (Å²) in [5, 5.41) is 13.4. The van der Waals surface area contributed by atoms with Crippen LogP contribution in [0, 0.1) is 0 Å². The highest BCUT2D eigenvalue weighted by Gasteiger charge is 2.46. The second kappa shape index (κ2) is 10.8. The number of ether oxygens (including phenoxy) is 2. The summed E-state index contributed by atoms with van der Waals surface area (Å²) in [6.45, 7) is 6.25. The number of fused-ring (bicyclic) bond motifs is 1. The number of nitrogen functional groups attached to an aromatic ring is 1. The van der Waals surface area contributed by atoms with E-state index in [1.807, 2.05) is 0 Å². The lowest BCUT2D eigenvalue weighted by Crippen LogP contribution is -2.38. The number of carbonyl (C=O) groups is 1. The van der Waals surface area contributed by atoms with E-state index in [2.05, 4.69) is 20.0 Å². The lowest BCUT2D eigenvalue weighted by atomic mass is 10.0. The Morgan fingerprint density at radius 1 is 1.37 bits per heavy atom. The highest BCUT2D eigenvalue weighted by atomic mass is 31.2. The molecule has 3 heterocycles. The fourth-order valence-electron chi connectivity index (χ4n) is 3.98. The number of para-hydroxylation sites is 1. The van der Waals surface area contributed by atoms with E-state index in [4.69, 9.17) is 24.3 Å². The molecule has 1 fully saturated rings. The molecule has 5 atom stereocenters. The summed E-state index contributed by atoms with van der Waals surface area (Å²) in [5.41, 5.74) is 4.17. The monoisotopic (exact) mass is 550 g/mol. The van der Waals surface area contributed by atoms with Gasteiger partial charge in [0, 0.05) is 6.42 Å². The first-order valence-corrected chi connectivity index (χ1v) is 13.5. The second-order valence-electron chi connectivity index (χ2n) is 9.52. The molecule has 1 saturated heterocycles. The maximum atomic E-state index is 13.8. The molecule has 0 amide bonds.